The van der Waals surface area contributed by atoms with Crippen molar-refractivity contribution in [3.8, 4) is 0 Å². The summed E-state index contributed by atoms with van der Waals surface area (Å²) in [5, 5.41) is 0. The number of fused-ring (bicyclic) bond motifs is 1. The lowest BCUT2D eigenvalue weighted by molar-refractivity contribution is 0.288. The third-order valence-electron chi connectivity index (χ3n) is 4.78. The van der Waals surface area contributed by atoms with E-state index < -0.39 is 0 Å². The van der Waals surface area contributed by atoms with Crippen LogP contribution in [0.5, 0.6) is 0 Å². The van der Waals surface area contributed by atoms with Gasteiger partial charge in [0.2, 0.25) is 5.89 Å². The van der Waals surface area contributed by atoms with Gasteiger partial charge in [-0.1, -0.05) is 37.3 Å². The van der Waals surface area contributed by atoms with Crippen molar-refractivity contribution in [1.29, 1.82) is 0 Å². The molecule has 0 fully saturated rings. The molecule has 1 aliphatic heterocycles. The van der Waals surface area contributed by atoms with Gasteiger partial charge in [-0.05, 0) is 36.6 Å². The van der Waals surface area contributed by atoms with Crippen LogP contribution in [0.4, 0.5) is 4.39 Å². The van der Waals surface area contributed by atoms with Gasteiger partial charge < -0.3 is 4.42 Å². The van der Waals surface area contributed by atoms with E-state index in [9.17, 15) is 4.39 Å². The lowest BCUT2D eigenvalue weighted by Crippen LogP contribution is -2.28. The number of aromatic nitrogens is 1. The number of halogens is 1. The molecule has 0 saturated heterocycles. The fourth-order valence-electron chi connectivity index (χ4n) is 3.25. The molecular weight excluding hydrogens is 315 g/mol. The predicted molar refractivity (Wildman–Crippen MR) is 97.7 cm³/mol. The standard InChI is InChI=1S/C21H21FN2O/c1-2-15-7-8-20-19(13-15)23-21(25-20)16-9-11-24(12-10-16)14-17-5-3-4-6-18(17)22/h3-9,13H,2,10-12,14H2,1H3. The van der Waals surface area contributed by atoms with Gasteiger partial charge >= 0.3 is 0 Å². The molecule has 1 aliphatic rings. The molecule has 0 N–H and O–H groups in total. The average Bonchev–Trinajstić information content (AvgIpc) is 3.07. The SMILES string of the molecule is CCc1ccc2oc(C3=CCN(Cc4ccccc4F)CC3)nc2c1. The van der Waals surface area contributed by atoms with Crippen molar-refractivity contribution in [1.82, 2.24) is 9.88 Å². The summed E-state index contributed by atoms with van der Waals surface area (Å²) >= 11 is 0. The normalized spacial score (nSPS) is 15.5. The van der Waals surface area contributed by atoms with E-state index in [0.717, 1.165) is 48.2 Å². The van der Waals surface area contributed by atoms with Gasteiger partial charge in [0, 0.05) is 30.8 Å². The van der Waals surface area contributed by atoms with Crippen molar-refractivity contribution >= 4 is 16.7 Å². The zero-order valence-electron chi connectivity index (χ0n) is 14.3. The Morgan fingerprint density at radius 2 is 2.08 bits per heavy atom. The lowest BCUT2D eigenvalue weighted by Gasteiger charge is -2.25. The van der Waals surface area contributed by atoms with Gasteiger partial charge in [-0.15, -0.1) is 0 Å². The van der Waals surface area contributed by atoms with Crippen LogP contribution in [0, 0.1) is 5.82 Å². The molecule has 0 atom stereocenters. The minimum atomic E-state index is -0.136. The second-order valence-electron chi connectivity index (χ2n) is 6.48. The first-order chi connectivity index (χ1) is 12.2. The third-order valence-corrected chi connectivity index (χ3v) is 4.78. The number of hydrogen-bond acceptors (Lipinski definition) is 3. The number of aryl methyl sites for hydroxylation is 1. The highest BCUT2D eigenvalue weighted by Gasteiger charge is 2.18. The van der Waals surface area contributed by atoms with E-state index in [-0.39, 0.29) is 5.82 Å². The summed E-state index contributed by atoms with van der Waals surface area (Å²) in [5.74, 6) is 0.580. The summed E-state index contributed by atoms with van der Waals surface area (Å²) in [6.07, 6.45) is 4.00. The second-order valence-corrected chi connectivity index (χ2v) is 6.48. The van der Waals surface area contributed by atoms with Gasteiger partial charge in [-0.3, -0.25) is 4.90 Å². The van der Waals surface area contributed by atoms with E-state index in [2.05, 4.69) is 35.0 Å². The van der Waals surface area contributed by atoms with Crippen LogP contribution < -0.4 is 0 Å². The molecule has 25 heavy (non-hydrogen) atoms. The number of rotatable bonds is 4. The van der Waals surface area contributed by atoms with Crippen LogP contribution in [-0.4, -0.2) is 23.0 Å². The van der Waals surface area contributed by atoms with Gasteiger partial charge in [0.15, 0.2) is 5.58 Å². The van der Waals surface area contributed by atoms with Gasteiger partial charge in [0.1, 0.15) is 11.3 Å². The predicted octanol–water partition coefficient (Wildman–Crippen LogP) is 4.82. The van der Waals surface area contributed by atoms with E-state index in [1.807, 2.05) is 18.2 Å². The van der Waals surface area contributed by atoms with Crippen LogP contribution in [0.15, 0.2) is 53.0 Å². The van der Waals surface area contributed by atoms with Gasteiger partial charge in [0.05, 0.1) is 0 Å². The van der Waals surface area contributed by atoms with Gasteiger partial charge in [0.25, 0.3) is 0 Å². The maximum absolute atomic E-state index is 13.8. The highest BCUT2D eigenvalue weighted by atomic mass is 19.1. The molecule has 2 heterocycles. The minimum absolute atomic E-state index is 0.136. The smallest absolute Gasteiger partial charge is 0.222 e. The Morgan fingerprint density at radius 1 is 1.20 bits per heavy atom. The van der Waals surface area contributed by atoms with Crippen LogP contribution in [-0.2, 0) is 13.0 Å². The second kappa shape index (κ2) is 6.81. The number of benzene rings is 2. The zero-order chi connectivity index (χ0) is 17.2. The summed E-state index contributed by atoms with van der Waals surface area (Å²) in [6, 6.07) is 13.2. The molecule has 0 aliphatic carbocycles. The molecule has 4 rings (SSSR count). The van der Waals surface area contributed by atoms with Crippen molar-refractivity contribution in [3.05, 3.63) is 71.4 Å². The largest absolute Gasteiger partial charge is 0.436 e. The minimum Gasteiger partial charge on any atom is -0.436 e. The van der Waals surface area contributed by atoms with Crippen LogP contribution in [0.1, 0.15) is 30.4 Å². The van der Waals surface area contributed by atoms with Crippen LogP contribution in [0.25, 0.3) is 16.7 Å². The third kappa shape index (κ3) is 3.35. The summed E-state index contributed by atoms with van der Waals surface area (Å²) in [7, 11) is 0. The molecule has 3 nitrogen and oxygen atoms in total. The number of hydrogen-bond donors (Lipinski definition) is 0. The van der Waals surface area contributed by atoms with Crippen LogP contribution in [0.2, 0.25) is 0 Å². The van der Waals surface area contributed by atoms with E-state index in [0.29, 0.717) is 12.4 Å². The average molecular weight is 336 g/mol. The van der Waals surface area contributed by atoms with Crippen molar-refractivity contribution in [2.45, 2.75) is 26.3 Å². The summed E-state index contributed by atoms with van der Waals surface area (Å²) in [6.45, 7) is 4.42. The molecule has 0 amide bonds. The topological polar surface area (TPSA) is 29.3 Å². The molecular formula is C21H21FN2O. The van der Waals surface area contributed by atoms with E-state index in [1.165, 1.54) is 11.6 Å². The van der Waals surface area contributed by atoms with E-state index in [4.69, 9.17) is 4.42 Å². The Hall–Kier alpha value is -2.46. The van der Waals surface area contributed by atoms with Crippen molar-refractivity contribution < 1.29 is 8.81 Å². The Balaban J connectivity index is 1.50. The molecule has 0 unspecified atom stereocenters. The highest BCUT2D eigenvalue weighted by Crippen LogP contribution is 2.27. The fourth-order valence-corrected chi connectivity index (χ4v) is 3.25. The molecule has 0 spiro atoms. The van der Waals surface area contributed by atoms with E-state index >= 15 is 0 Å². The first-order valence-electron chi connectivity index (χ1n) is 8.77. The molecule has 0 saturated carbocycles. The molecule has 128 valence electrons. The Kier molecular flexibility index (Phi) is 4.36. The summed E-state index contributed by atoms with van der Waals surface area (Å²) in [4.78, 5) is 6.89. The monoisotopic (exact) mass is 336 g/mol. The Labute approximate surface area is 146 Å². The molecule has 1 aromatic heterocycles. The number of oxazole rings is 1. The fraction of sp³-hybridized carbons (Fsp3) is 0.286. The Bertz CT molecular complexity index is 929. The first-order valence-corrected chi connectivity index (χ1v) is 8.77. The van der Waals surface area contributed by atoms with Gasteiger partial charge in [-0.2, -0.15) is 0 Å². The molecule has 4 heteroatoms. The molecule has 0 radical (unpaired) electrons. The molecule has 2 aromatic carbocycles. The van der Waals surface area contributed by atoms with Crippen molar-refractivity contribution in [2.24, 2.45) is 0 Å². The lowest BCUT2D eigenvalue weighted by atomic mass is 10.1. The Morgan fingerprint density at radius 3 is 2.84 bits per heavy atom. The van der Waals surface area contributed by atoms with Crippen LogP contribution >= 0.6 is 0 Å². The zero-order valence-corrected chi connectivity index (χ0v) is 14.3. The molecule has 0 bridgehead atoms. The first kappa shape index (κ1) is 16.0. The highest BCUT2D eigenvalue weighted by molar-refractivity contribution is 5.76. The van der Waals surface area contributed by atoms with Crippen LogP contribution in [0.3, 0.4) is 0 Å². The van der Waals surface area contributed by atoms with E-state index in [1.54, 1.807) is 6.07 Å². The number of nitrogens with zero attached hydrogens (tertiary/aromatic N) is 2. The maximum Gasteiger partial charge on any atom is 0.222 e. The summed E-state index contributed by atoms with van der Waals surface area (Å²) < 4.78 is 19.7. The van der Waals surface area contributed by atoms with Gasteiger partial charge in [-0.25, -0.2) is 9.37 Å². The molecule has 3 aromatic rings. The quantitative estimate of drug-likeness (QED) is 0.684. The van der Waals surface area contributed by atoms with Crippen molar-refractivity contribution in [3.63, 3.8) is 0 Å². The van der Waals surface area contributed by atoms with Crippen molar-refractivity contribution in [2.75, 3.05) is 13.1 Å². The maximum atomic E-state index is 13.8. The summed E-state index contributed by atoms with van der Waals surface area (Å²) in [5.41, 5.74) is 4.90.